The lowest BCUT2D eigenvalue weighted by Crippen LogP contribution is -2.34. The number of nitrogens with zero attached hydrogens (tertiary/aromatic N) is 17. The molecule has 12 aromatic heterocycles. The van der Waals surface area contributed by atoms with Crippen LogP contribution < -0.4 is 29.8 Å². The van der Waals surface area contributed by atoms with Crippen LogP contribution in [0.15, 0.2) is 164 Å². The summed E-state index contributed by atoms with van der Waals surface area (Å²) in [7, 11) is 7.10. The number of aromatic nitrogens is 12. The molecule has 0 atom stereocenters. The highest BCUT2D eigenvalue weighted by atomic mass is 127. The standard InChI is InChI=1S/C14H16BrN3O2S.C14H16ClN3O2S.C14H16FN3O2S.C14H16IN3O2S.C14H17N3O2S.C13H15N3O2S.CH3F/c4*1-14(2,3)20-13(19)18(4)12-10(15)17-11(21-12)9-6-5-7-16-8-9;1-14(2,3)19-13(18)17(4)11-9-16-12(20-11)10-6-5-7-15-8-10;1-13(2,3)18-12(17)16-10-8-15-11(19-10)9-5-4-6-14-7-9;1-2/h4*5-8H,1-4H3;5-9H,1-4H3;4-8H,1-3H3,(H,16,17);1H3/i;;;;;;1D. The monoisotopic (exact) mass is 2020 g/mol. The maximum atomic E-state index is 14.0. The van der Waals surface area contributed by atoms with Crippen molar-refractivity contribution in [2.45, 2.75) is 158 Å². The van der Waals surface area contributed by atoms with E-state index in [-0.39, 0.29) is 22.3 Å². The van der Waals surface area contributed by atoms with E-state index in [0.717, 1.165) is 77.8 Å². The summed E-state index contributed by atoms with van der Waals surface area (Å²) in [5.41, 5.74) is 1.97. The maximum absolute atomic E-state index is 14.0. The van der Waals surface area contributed by atoms with Crippen LogP contribution in [-0.2, 0) is 28.4 Å². The number of carbonyl (C=O) groups excluding carboxylic acids is 6. The molecule has 0 saturated heterocycles. The average molecular weight is 2030 g/mol. The second-order valence-electron chi connectivity index (χ2n) is 31.8. The van der Waals surface area contributed by atoms with Gasteiger partial charge >= 0.3 is 36.6 Å². The van der Waals surface area contributed by atoms with Gasteiger partial charge in [-0.3, -0.25) is 64.1 Å². The zero-order valence-electron chi connectivity index (χ0n) is 74.1. The molecule has 12 heterocycles. The third kappa shape index (κ3) is 34.8. The van der Waals surface area contributed by atoms with Gasteiger partial charge in [0.05, 0.1) is 20.9 Å². The second kappa shape index (κ2) is 46.8. The first-order valence-electron chi connectivity index (χ1n) is 38.2. The van der Waals surface area contributed by atoms with Crippen molar-refractivity contribution in [3.8, 4) is 63.4 Å². The lowest BCUT2D eigenvalue weighted by molar-refractivity contribution is 0.0578. The molecule has 0 aromatic carbocycles. The number of rotatable bonds is 12. The Morgan fingerprint density at radius 2 is 0.680 bits per heavy atom. The highest BCUT2D eigenvalue weighted by Crippen LogP contribution is 2.41. The molecule has 0 fully saturated rings. The minimum absolute atomic E-state index is 0.114. The number of anilines is 6. The number of ether oxygens (including phenoxy) is 6. The number of alkyl halides is 1. The van der Waals surface area contributed by atoms with E-state index in [1.54, 1.807) is 148 Å². The van der Waals surface area contributed by atoms with Crippen LogP contribution in [0.25, 0.3) is 63.4 Å². The van der Waals surface area contributed by atoms with Crippen LogP contribution in [0.3, 0.4) is 0 Å². The largest absolute Gasteiger partial charge is 0.444 e. The third-order valence-corrected chi connectivity index (χ3v) is 23.3. The van der Waals surface area contributed by atoms with Gasteiger partial charge in [0.1, 0.15) is 97.0 Å². The summed E-state index contributed by atoms with van der Waals surface area (Å²) in [6.45, 7) is 32.7. The second-order valence-corrected chi connectivity index (χ2v) is 39.8. The predicted molar refractivity (Wildman–Crippen MR) is 508 cm³/mol. The number of thiazole rings is 6. The summed E-state index contributed by atoms with van der Waals surface area (Å²) in [6, 6.07) is 22.4. The molecule has 1 N–H and O–H groups in total. The number of halogens is 5. The predicted octanol–water partition coefficient (Wildman–Crippen LogP) is 24.2. The van der Waals surface area contributed by atoms with Gasteiger partial charge < -0.3 is 28.4 Å². The zero-order valence-corrected chi connectivity index (χ0v) is 82.5. The van der Waals surface area contributed by atoms with Gasteiger partial charge in [-0.2, -0.15) is 4.39 Å². The highest BCUT2D eigenvalue weighted by molar-refractivity contribution is 14.1. The molecule has 0 bridgehead atoms. The lowest BCUT2D eigenvalue weighted by Gasteiger charge is -2.23. The number of hydrogen-bond acceptors (Lipinski definition) is 30. The van der Waals surface area contributed by atoms with Gasteiger partial charge in [-0.15, -0.1) is 0 Å². The van der Waals surface area contributed by atoms with E-state index in [2.05, 4.69) is 104 Å². The Bertz CT molecular complexity index is 5010. The molecule has 41 heteroatoms. The first kappa shape index (κ1) is 102. The number of pyridine rings is 6. The summed E-state index contributed by atoms with van der Waals surface area (Å²) in [6.07, 6.45) is 20.9. The van der Waals surface area contributed by atoms with E-state index in [1.165, 1.54) is 83.3 Å². The van der Waals surface area contributed by atoms with Crippen molar-refractivity contribution >= 4 is 185 Å². The van der Waals surface area contributed by atoms with Crippen LogP contribution in [0, 0.1) is 9.65 Å². The Morgan fingerprint density at radius 1 is 0.392 bits per heavy atom. The fourth-order valence-electron chi connectivity index (χ4n) is 8.93. The normalized spacial score (nSPS) is 11.2. The zero-order chi connectivity index (χ0) is 93.8. The third-order valence-electron chi connectivity index (χ3n) is 14.2. The first-order valence-corrected chi connectivity index (χ1v) is 44.7. The van der Waals surface area contributed by atoms with E-state index in [4.69, 9.17) is 41.4 Å². The van der Waals surface area contributed by atoms with E-state index in [0.29, 0.717) is 35.2 Å². The van der Waals surface area contributed by atoms with Crippen LogP contribution in [0.4, 0.5) is 67.6 Å². The van der Waals surface area contributed by atoms with Gasteiger partial charge in [-0.1, -0.05) is 79.6 Å². The van der Waals surface area contributed by atoms with Crippen LogP contribution in [-0.4, -0.2) is 172 Å². The SMILES string of the molecule is CC(C)(C)OC(=O)Nc1cnc(-c2cccnc2)s1.CN(C(=O)OC(C)(C)C)c1cnc(-c2cccnc2)s1.CN(C(=O)OC(C)(C)C)c1sc(-c2cccnc2)nc1Br.CN(C(=O)OC(C)(C)C)c1sc(-c2cccnc2)nc1Cl.CN(C(=O)OC(C)(C)C)c1sc(-c2cccnc2)nc1F.CN(C(=O)OC(C)(C)C)c1sc(-c2cccnc2)nc1I.[2H]CF. The van der Waals surface area contributed by atoms with Gasteiger partial charge in [0, 0.05) is 143 Å². The summed E-state index contributed by atoms with van der Waals surface area (Å²) in [4.78, 5) is 129. The molecule has 0 spiro atoms. The Balaban J connectivity index is 0.000000232. The van der Waals surface area contributed by atoms with Crippen LogP contribution in [0.5, 0.6) is 0 Å². The van der Waals surface area contributed by atoms with Crippen molar-refractivity contribution in [3.05, 3.63) is 179 Å². The van der Waals surface area contributed by atoms with Crippen molar-refractivity contribution < 1.29 is 67.3 Å². The molecule has 0 aliphatic carbocycles. The molecular formula is C84H99BrClF2IN18O12S6. The van der Waals surface area contributed by atoms with Crippen LogP contribution >= 0.6 is 118 Å². The minimum atomic E-state index is -1.00. The van der Waals surface area contributed by atoms with Gasteiger partial charge in [0.15, 0.2) is 10.2 Å². The number of amides is 6. The summed E-state index contributed by atoms with van der Waals surface area (Å²) in [5, 5.41) is 10.9. The molecule has 12 rings (SSSR count). The first-order chi connectivity index (χ1) is 58.8. The Morgan fingerprint density at radius 3 is 1.05 bits per heavy atom. The number of hydrogen-bond donors (Lipinski definition) is 1. The molecule has 0 aliphatic heterocycles. The van der Waals surface area contributed by atoms with Gasteiger partial charge in [0.2, 0.25) is 5.95 Å². The summed E-state index contributed by atoms with van der Waals surface area (Å²) >= 11 is 19.7. The van der Waals surface area contributed by atoms with E-state index >= 15 is 0 Å². The number of carbonyl (C=O) groups is 6. The molecule has 0 saturated carbocycles. The van der Waals surface area contributed by atoms with Crippen LogP contribution in [0.2, 0.25) is 5.15 Å². The average Bonchev–Trinajstić information content (AvgIpc) is 1.69. The summed E-state index contributed by atoms with van der Waals surface area (Å²) < 4.78 is 62.6. The molecule has 12 aromatic rings. The molecule has 0 unspecified atom stereocenters. The van der Waals surface area contributed by atoms with E-state index in [9.17, 15) is 37.5 Å². The topological polar surface area (TPSA) is 341 Å². The van der Waals surface area contributed by atoms with Crippen molar-refractivity contribution in [2.24, 2.45) is 0 Å². The van der Waals surface area contributed by atoms with Gasteiger partial charge in [-0.25, -0.2) is 58.7 Å². The Hall–Kier alpha value is -10.3. The molecule has 125 heavy (non-hydrogen) atoms. The van der Waals surface area contributed by atoms with Crippen molar-refractivity contribution in [1.29, 1.82) is 0 Å². The maximum Gasteiger partial charge on any atom is 0.415 e. The Labute approximate surface area is 778 Å². The molecule has 668 valence electrons. The van der Waals surface area contributed by atoms with Crippen molar-refractivity contribution in [3.63, 3.8) is 0 Å². The Kier molecular flexibility index (Phi) is 38.1. The molecule has 0 radical (unpaired) electrons. The van der Waals surface area contributed by atoms with Crippen LogP contribution in [0.1, 0.15) is 126 Å². The summed E-state index contributed by atoms with van der Waals surface area (Å²) in [5.74, 6) is -0.702. The quantitative estimate of drug-likeness (QED) is 0.0877. The fraction of sp³-hybridized carbons (Fsp3) is 0.357. The van der Waals surface area contributed by atoms with Gasteiger partial charge in [0.25, 0.3) is 0 Å². The molecule has 0 aliphatic rings. The highest BCUT2D eigenvalue weighted by Gasteiger charge is 2.31. The smallest absolute Gasteiger partial charge is 0.415 e. The molecular weight excluding hydrogens is 1930 g/mol. The van der Waals surface area contributed by atoms with Crippen molar-refractivity contribution in [1.82, 2.24) is 59.8 Å². The van der Waals surface area contributed by atoms with Crippen molar-refractivity contribution in [2.75, 3.05) is 72.2 Å². The van der Waals surface area contributed by atoms with E-state index in [1.807, 2.05) is 165 Å². The minimum Gasteiger partial charge on any atom is -0.444 e. The van der Waals surface area contributed by atoms with E-state index < -0.39 is 71.1 Å². The fourth-order valence-corrected chi connectivity index (χ4v) is 16.4. The molecule has 6 amide bonds. The lowest BCUT2D eigenvalue weighted by atomic mass is 10.2. The van der Waals surface area contributed by atoms with Gasteiger partial charge in [-0.05, 0) is 236 Å². The molecule has 30 nitrogen and oxygen atoms in total. The number of nitrogens with one attached hydrogen (secondary N) is 1.